The van der Waals surface area contributed by atoms with Gasteiger partial charge in [-0.15, -0.1) is 11.8 Å². The lowest BCUT2D eigenvalue weighted by atomic mass is 9.99. The summed E-state index contributed by atoms with van der Waals surface area (Å²) in [6, 6.07) is 12.8. The van der Waals surface area contributed by atoms with Crippen LogP contribution in [0.15, 0.2) is 47.6 Å². The Bertz CT molecular complexity index is 506. The van der Waals surface area contributed by atoms with E-state index in [1.165, 1.54) is 16.7 Å². The normalized spacial score (nSPS) is 10.9. The van der Waals surface area contributed by atoms with Gasteiger partial charge in [0, 0.05) is 11.9 Å². The number of benzene rings is 1. The second-order valence-corrected chi connectivity index (χ2v) is 5.79. The first-order valence-corrected chi connectivity index (χ1v) is 7.28. The van der Waals surface area contributed by atoms with Gasteiger partial charge in [0.2, 0.25) is 0 Å². The molecule has 2 rings (SSSR count). The number of rotatable bonds is 4. The van der Waals surface area contributed by atoms with Crippen LogP contribution in [0.3, 0.4) is 0 Å². The largest absolute Gasteiger partial charge is 0.250 e. The van der Waals surface area contributed by atoms with Crippen molar-refractivity contribution in [1.82, 2.24) is 4.98 Å². The van der Waals surface area contributed by atoms with Crippen molar-refractivity contribution < 1.29 is 0 Å². The minimum absolute atomic E-state index is 0.587. The van der Waals surface area contributed by atoms with Gasteiger partial charge in [-0.05, 0) is 41.7 Å². The molecule has 0 amide bonds. The number of nitrogens with zero attached hydrogens (tertiary/aromatic N) is 1. The molecule has 1 aromatic carbocycles. The van der Waals surface area contributed by atoms with Gasteiger partial charge in [-0.2, -0.15) is 0 Å². The maximum Gasteiger partial charge on any atom is 0.0963 e. The molecule has 0 aliphatic heterocycles. The molecule has 2 heteroatoms. The summed E-state index contributed by atoms with van der Waals surface area (Å²) < 4.78 is 0. The van der Waals surface area contributed by atoms with Crippen LogP contribution in [0, 0.1) is 6.92 Å². The molecule has 0 saturated heterocycles. The van der Waals surface area contributed by atoms with Gasteiger partial charge in [0.15, 0.2) is 0 Å². The molecule has 1 aromatic heterocycles. The van der Waals surface area contributed by atoms with Crippen molar-refractivity contribution in [3.05, 3.63) is 59.3 Å². The maximum atomic E-state index is 4.34. The van der Waals surface area contributed by atoms with Crippen molar-refractivity contribution in [2.75, 3.05) is 0 Å². The Balaban J connectivity index is 2.11. The van der Waals surface area contributed by atoms with Crippen molar-refractivity contribution in [1.29, 1.82) is 0 Å². The summed E-state index contributed by atoms with van der Waals surface area (Å²) >= 11 is 1.80. The molecule has 0 saturated carbocycles. The maximum absolute atomic E-state index is 4.34. The zero-order valence-electron chi connectivity index (χ0n) is 11.2. The van der Waals surface area contributed by atoms with Crippen LogP contribution in [0.1, 0.15) is 36.5 Å². The number of aryl methyl sites for hydroxylation is 1. The smallest absolute Gasteiger partial charge is 0.0963 e. The summed E-state index contributed by atoms with van der Waals surface area (Å²) in [5.74, 6) is 1.58. The first-order valence-electron chi connectivity index (χ1n) is 6.30. The lowest BCUT2D eigenvalue weighted by molar-refractivity contribution is 0.863. The number of thioether (sulfide) groups is 1. The number of hydrogen-bond acceptors (Lipinski definition) is 2. The molecule has 0 bridgehead atoms. The molecule has 0 spiro atoms. The van der Waals surface area contributed by atoms with Crippen LogP contribution in [0.5, 0.6) is 0 Å². The monoisotopic (exact) mass is 257 g/mol. The Morgan fingerprint density at radius 1 is 1.17 bits per heavy atom. The first-order chi connectivity index (χ1) is 8.66. The highest BCUT2D eigenvalue weighted by molar-refractivity contribution is 7.98. The van der Waals surface area contributed by atoms with Crippen LogP contribution in [-0.4, -0.2) is 4.98 Å². The summed E-state index contributed by atoms with van der Waals surface area (Å²) in [6.07, 6.45) is 1.85. The van der Waals surface area contributed by atoms with Crippen molar-refractivity contribution in [2.45, 2.75) is 37.5 Å². The molecule has 0 aliphatic carbocycles. The van der Waals surface area contributed by atoms with Gasteiger partial charge in [-0.25, -0.2) is 4.98 Å². The van der Waals surface area contributed by atoms with Gasteiger partial charge < -0.3 is 0 Å². The van der Waals surface area contributed by atoms with Gasteiger partial charge in [0.05, 0.1) is 5.03 Å². The molecule has 1 nitrogen and oxygen atoms in total. The van der Waals surface area contributed by atoms with Crippen LogP contribution < -0.4 is 0 Å². The fraction of sp³-hybridized carbons (Fsp3) is 0.312. The zero-order valence-corrected chi connectivity index (χ0v) is 12.0. The van der Waals surface area contributed by atoms with Gasteiger partial charge in [-0.3, -0.25) is 0 Å². The van der Waals surface area contributed by atoms with Crippen LogP contribution in [0.2, 0.25) is 0 Å². The van der Waals surface area contributed by atoms with E-state index >= 15 is 0 Å². The third-order valence-corrected chi connectivity index (χ3v) is 4.05. The highest BCUT2D eigenvalue weighted by atomic mass is 32.2. The molecule has 18 heavy (non-hydrogen) atoms. The van der Waals surface area contributed by atoms with Crippen LogP contribution in [-0.2, 0) is 5.75 Å². The summed E-state index contributed by atoms with van der Waals surface area (Å²) in [5.41, 5.74) is 4.19. The van der Waals surface area contributed by atoms with Crippen molar-refractivity contribution in [3.8, 4) is 0 Å². The lowest BCUT2D eigenvalue weighted by Crippen LogP contribution is -1.93. The molecule has 0 atom stereocenters. The molecule has 1 heterocycles. The highest BCUT2D eigenvalue weighted by Crippen LogP contribution is 2.25. The molecule has 0 aliphatic rings. The van der Waals surface area contributed by atoms with Gasteiger partial charge >= 0.3 is 0 Å². The average Bonchev–Trinajstić information content (AvgIpc) is 2.38. The Labute approximate surface area is 114 Å². The van der Waals surface area contributed by atoms with Crippen molar-refractivity contribution in [2.24, 2.45) is 0 Å². The molecular weight excluding hydrogens is 238 g/mol. The predicted molar refractivity (Wildman–Crippen MR) is 79.1 cm³/mol. The van der Waals surface area contributed by atoms with Crippen molar-refractivity contribution in [3.63, 3.8) is 0 Å². The molecular formula is C16H19NS. The van der Waals surface area contributed by atoms with Gasteiger partial charge in [-0.1, -0.05) is 38.1 Å². The van der Waals surface area contributed by atoms with Crippen molar-refractivity contribution >= 4 is 11.8 Å². The Hall–Kier alpha value is -1.28. The molecule has 0 radical (unpaired) electrons. The van der Waals surface area contributed by atoms with Crippen LogP contribution in [0.25, 0.3) is 0 Å². The van der Waals surface area contributed by atoms with Crippen LogP contribution >= 0.6 is 11.8 Å². The van der Waals surface area contributed by atoms with E-state index in [0.717, 1.165) is 10.8 Å². The lowest BCUT2D eigenvalue weighted by Gasteiger charge is -2.11. The van der Waals surface area contributed by atoms with E-state index in [0.29, 0.717) is 5.92 Å². The fourth-order valence-electron chi connectivity index (χ4n) is 1.79. The number of hydrogen-bond donors (Lipinski definition) is 0. The number of aromatic nitrogens is 1. The predicted octanol–water partition coefficient (Wildman–Crippen LogP) is 4.81. The Morgan fingerprint density at radius 3 is 2.67 bits per heavy atom. The SMILES string of the molecule is Cc1ccc(C(C)C)cc1CSc1ccccn1. The van der Waals surface area contributed by atoms with E-state index in [1.54, 1.807) is 11.8 Å². The zero-order chi connectivity index (χ0) is 13.0. The topological polar surface area (TPSA) is 12.9 Å². The molecule has 0 N–H and O–H groups in total. The van der Waals surface area contributed by atoms with E-state index in [9.17, 15) is 0 Å². The fourth-order valence-corrected chi connectivity index (χ4v) is 2.71. The first kappa shape index (κ1) is 13.2. The van der Waals surface area contributed by atoms with E-state index in [-0.39, 0.29) is 0 Å². The highest BCUT2D eigenvalue weighted by Gasteiger charge is 2.04. The Morgan fingerprint density at radius 2 is 2.00 bits per heavy atom. The third kappa shape index (κ3) is 3.36. The van der Waals surface area contributed by atoms with E-state index in [4.69, 9.17) is 0 Å². The summed E-state index contributed by atoms with van der Waals surface area (Å²) in [7, 11) is 0. The Kier molecular flexibility index (Phi) is 4.43. The minimum atomic E-state index is 0.587. The second kappa shape index (κ2) is 6.05. The van der Waals surface area contributed by atoms with Gasteiger partial charge in [0.25, 0.3) is 0 Å². The molecule has 94 valence electrons. The summed E-state index contributed by atoms with van der Waals surface area (Å²) in [5, 5.41) is 1.09. The quantitative estimate of drug-likeness (QED) is 0.729. The minimum Gasteiger partial charge on any atom is -0.250 e. The average molecular weight is 257 g/mol. The molecule has 0 unspecified atom stereocenters. The summed E-state index contributed by atoms with van der Waals surface area (Å²) in [4.78, 5) is 4.34. The van der Waals surface area contributed by atoms with Crippen LogP contribution in [0.4, 0.5) is 0 Å². The van der Waals surface area contributed by atoms with E-state index < -0.39 is 0 Å². The van der Waals surface area contributed by atoms with E-state index in [1.807, 2.05) is 18.3 Å². The second-order valence-electron chi connectivity index (χ2n) is 4.80. The summed E-state index contributed by atoms with van der Waals surface area (Å²) in [6.45, 7) is 6.65. The number of pyridine rings is 1. The standard InChI is InChI=1S/C16H19NS/c1-12(2)14-8-7-13(3)15(10-14)11-18-16-6-4-5-9-17-16/h4-10,12H,11H2,1-3H3. The molecule has 2 aromatic rings. The van der Waals surface area contributed by atoms with E-state index in [2.05, 4.69) is 50.0 Å². The van der Waals surface area contributed by atoms with Gasteiger partial charge in [0.1, 0.15) is 0 Å². The third-order valence-electron chi connectivity index (χ3n) is 3.05. The molecule has 0 fully saturated rings.